The van der Waals surface area contributed by atoms with Gasteiger partial charge in [-0.25, -0.2) is 9.36 Å². The Morgan fingerprint density at radius 2 is 2.19 bits per heavy atom. The smallest absolute Gasteiger partial charge is 0.295 e. The van der Waals surface area contributed by atoms with E-state index in [0.717, 1.165) is 0 Å². The van der Waals surface area contributed by atoms with Crippen molar-refractivity contribution in [3.8, 4) is 5.69 Å². The number of aryl methyl sites for hydroxylation is 1. The largest absolute Gasteiger partial charge is 0.334 e. The molecule has 0 bridgehead atoms. The summed E-state index contributed by atoms with van der Waals surface area (Å²) >= 11 is 5.32. The number of halogens is 2. The molecule has 2 aromatic rings. The summed E-state index contributed by atoms with van der Waals surface area (Å²) in [4.78, 5) is 24.9. The maximum atomic E-state index is 13.2. The molecule has 0 saturated carbocycles. The zero-order valence-electron chi connectivity index (χ0n) is 8.07. The van der Waals surface area contributed by atoms with Crippen molar-refractivity contribution >= 4 is 11.6 Å². The molecule has 0 fully saturated rings. The zero-order chi connectivity index (χ0) is 11.9. The van der Waals surface area contributed by atoms with Crippen molar-refractivity contribution in [1.82, 2.24) is 19.3 Å². The number of nitrogens with one attached hydrogen (secondary N) is 1. The lowest BCUT2D eigenvalue weighted by Crippen LogP contribution is -2.35. The lowest BCUT2D eigenvalue weighted by Gasteiger charge is -2.01. The molecule has 0 atom stereocenters. The monoisotopic (exact) mass is 244 g/mol. The molecule has 84 valence electrons. The fourth-order valence-corrected chi connectivity index (χ4v) is 1.41. The van der Waals surface area contributed by atoms with Crippen LogP contribution in [0.3, 0.4) is 0 Å². The third kappa shape index (κ3) is 1.54. The number of nitrogens with zero attached hydrogens (tertiary/aromatic N) is 3. The summed E-state index contributed by atoms with van der Waals surface area (Å²) in [6.45, 7) is 0. The van der Waals surface area contributed by atoms with Gasteiger partial charge in [-0.15, -0.1) is 0 Å². The summed E-state index contributed by atoms with van der Waals surface area (Å²) in [5, 5.41) is 3.17. The van der Waals surface area contributed by atoms with Crippen LogP contribution in [-0.2, 0) is 7.05 Å². The summed E-state index contributed by atoms with van der Waals surface area (Å²) in [7, 11) is 1.61. The van der Waals surface area contributed by atoms with Crippen molar-refractivity contribution < 1.29 is 4.39 Å². The first-order chi connectivity index (χ1) is 7.50. The zero-order valence-corrected chi connectivity index (χ0v) is 8.82. The Bertz CT molecular complexity index is 657. The average molecular weight is 245 g/mol. The standard InChI is InChI=1S/C8H6ClFN4O2/c1-13-3-4(2-11-13)14-7(15)5(10)6(9)12-8(14)16/h2-3H,1H3,(H,12,16). The van der Waals surface area contributed by atoms with E-state index in [9.17, 15) is 14.0 Å². The normalized spacial score (nSPS) is 10.7. The van der Waals surface area contributed by atoms with E-state index in [1.54, 1.807) is 7.05 Å². The SMILES string of the molecule is Cn1cc(-n2c(=O)[nH]c(Cl)c(F)c2=O)cn1. The van der Waals surface area contributed by atoms with E-state index in [1.165, 1.54) is 17.1 Å². The van der Waals surface area contributed by atoms with Gasteiger partial charge in [0, 0.05) is 13.2 Å². The average Bonchev–Trinajstić information content (AvgIpc) is 2.61. The van der Waals surface area contributed by atoms with E-state index in [2.05, 4.69) is 5.10 Å². The fourth-order valence-electron chi connectivity index (χ4n) is 1.25. The van der Waals surface area contributed by atoms with Gasteiger partial charge in [0.2, 0.25) is 5.82 Å². The molecule has 0 aliphatic heterocycles. The van der Waals surface area contributed by atoms with Gasteiger partial charge in [0.15, 0.2) is 5.15 Å². The molecule has 8 heteroatoms. The van der Waals surface area contributed by atoms with Crippen molar-refractivity contribution in [2.75, 3.05) is 0 Å². The highest BCUT2D eigenvalue weighted by molar-refractivity contribution is 6.29. The first-order valence-corrected chi connectivity index (χ1v) is 4.58. The third-order valence-electron chi connectivity index (χ3n) is 1.95. The van der Waals surface area contributed by atoms with Gasteiger partial charge in [-0.3, -0.25) is 14.5 Å². The minimum atomic E-state index is -1.20. The fraction of sp³-hybridized carbons (Fsp3) is 0.125. The highest BCUT2D eigenvalue weighted by Gasteiger charge is 2.14. The lowest BCUT2D eigenvalue weighted by molar-refractivity contribution is 0.584. The van der Waals surface area contributed by atoms with Crippen molar-refractivity contribution in [1.29, 1.82) is 0 Å². The van der Waals surface area contributed by atoms with E-state index < -0.39 is 22.2 Å². The van der Waals surface area contributed by atoms with Crippen LogP contribution in [0.4, 0.5) is 4.39 Å². The van der Waals surface area contributed by atoms with Crippen molar-refractivity contribution in [2.45, 2.75) is 0 Å². The van der Waals surface area contributed by atoms with E-state index >= 15 is 0 Å². The van der Waals surface area contributed by atoms with Crippen LogP contribution in [-0.4, -0.2) is 19.3 Å². The molecule has 0 aliphatic carbocycles. The molecule has 0 amide bonds. The number of aromatic nitrogens is 4. The number of rotatable bonds is 1. The van der Waals surface area contributed by atoms with Gasteiger partial charge in [-0.05, 0) is 0 Å². The number of H-pyrrole nitrogens is 1. The van der Waals surface area contributed by atoms with Crippen molar-refractivity contribution in [2.24, 2.45) is 7.05 Å². The highest BCUT2D eigenvalue weighted by atomic mass is 35.5. The molecule has 0 aromatic carbocycles. The quantitative estimate of drug-likeness (QED) is 0.721. The Kier molecular flexibility index (Phi) is 2.39. The molecule has 2 rings (SSSR count). The molecule has 2 heterocycles. The summed E-state index contributed by atoms with van der Waals surface area (Å²) in [6.07, 6.45) is 2.67. The van der Waals surface area contributed by atoms with Crippen LogP contribution in [0.2, 0.25) is 5.15 Å². The molecule has 1 N–H and O–H groups in total. The second-order valence-electron chi connectivity index (χ2n) is 3.07. The Balaban J connectivity index is 2.81. The van der Waals surface area contributed by atoms with Gasteiger partial charge in [-0.1, -0.05) is 11.6 Å². The lowest BCUT2D eigenvalue weighted by atomic mass is 10.5. The molecule has 0 unspecified atom stereocenters. The van der Waals surface area contributed by atoms with Gasteiger partial charge in [0.05, 0.1) is 11.9 Å². The summed E-state index contributed by atoms with van der Waals surface area (Å²) in [5.74, 6) is -1.20. The molecular formula is C8H6ClFN4O2. The molecular weight excluding hydrogens is 239 g/mol. The van der Waals surface area contributed by atoms with Crippen LogP contribution in [0.25, 0.3) is 5.69 Å². The number of aromatic amines is 1. The molecule has 0 spiro atoms. The predicted molar refractivity (Wildman–Crippen MR) is 54.4 cm³/mol. The molecule has 2 aromatic heterocycles. The van der Waals surface area contributed by atoms with Crippen LogP contribution in [0.5, 0.6) is 0 Å². The minimum absolute atomic E-state index is 0.171. The van der Waals surface area contributed by atoms with Gasteiger partial charge < -0.3 is 0 Å². The van der Waals surface area contributed by atoms with E-state index in [4.69, 9.17) is 11.6 Å². The van der Waals surface area contributed by atoms with Crippen LogP contribution in [0.15, 0.2) is 22.0 Å². The highest BCUT2D eigenvalue weighted by Crippen LogP contribution is 2.05. The number of hydrogen-bond donors (Lipinski definition) is 1. The predicted octanol–water partition coefficient (Wildman–Crippen LogP) is 0.0518. The van der Waals surface area contributed by atoms with Crippen molar-refractivity contribution in [3.63, 3.8) is 0 Å². The Morgan fingerprint density at radius 1 is 1.50 bits per heavy atom. The summed E-state index contributed by atoms with van der Waals surface area (Å²) in [6, 6.07) is 0. The summed E-state index contributed by atoms with van der Waals surface area (Å²) < 4.78 is 15.2. The molecule has 0 radical (unpaired) electrons. The molecule has 0 saturated heterocycles. The van der Waals surface area contributed by atoms with Gasteiger partial charge in [0.25, 0.3) is 5.56 Å². The van der Waals surface area contributed by atoms with E-state index in [-0.39, 0.29) is 5.69 Å². The summed E-state index contributed by atoms with van der Waals surface area (Å²) in [5.41, 5.74) is -1.75. The first kappa shape index (κ1) is 10.6. The second-order valence-corrected chi connectivity index (χ2v) is 3.45. The molecule has 6 nitrogen and oxygen atoms in total. The third-order valence-corrected chi connectivity index (χ3v) is 2.21. The van der Waals surface area contributed by atoms with Crippen molar-refractivity contribution in [3.05, 3.63) is 44.2 Å². The Hall–Kier alpha value is -1.89. The van der Waals surface area contributed by atoms with E-state index in [0.29, 0.717) is 4.57 Å². The van der Waals surface area contributed by atoms with Gasteiger partial charge in [-0.2, -0.15) is 9.49 Å². The topological polar surface area (TPSA) is 72.7 Å². The Labute approximate surface area is 92.9 Å². The maximum absolute atomic E-state index is 13.2. The molecule has 16 heavy (non-hydrogen) atoms. The Morgan fingerprint density at radius 3 is 2.75 bits per heavy atom. The van der Waals surface area contributed by atoms with Crippen LogP contribution in [0.1, 0.15) is 0 Å². The van der Waals surface area contributed by atoms with Crippen LogP contribution < -0.4 is 11.2 Å². The second kappa shape index (κ2) is 3.60. The van der Waals surface area contributed by atoms with E-state index in [1.807, 2.05) is 4.98 Å². The minimum Gasteiger partial charge on any atom is -0.295 e. The maximum Gasteiger partial charge on any atom is 0.334 e. The van der Waals surface area contributed by atoms with Gasteiger partial charge >= 0.3 is 5.69 Å². The first-order valence-electron chi connectivity index (χ1n) is 4.20. The van der Waals surface area contributed by atoms with Crippen LogP contribution in [0, 0.1) is 5.82 Å². The number of hydrogen-bond acceptors (Lipinski definition) is 3. The molecule has 0 aliphatic rings. The van der Waals surface area contributed by atoms with Gasteiger partial charge in [0.1, 0.15) is 0 Å². The van der Waals surface area contributed by atoms with Crippen LogP contribution >= 0.6 is 11.6 Å².